The minimum atomic E-state index is -0.990. The molecule has 1 heterocycles. The van der Waals surface area contributed by atoms with Crippen molar-refractivity contribution in [3.63, 3.8) is 0 Å². The highest BCUT2D eigenvalue weighted by molar-refractivity contribution is 5.90. The number of carbonyl (C=O) groups excluding carboxylic acids is 2. The first-order valence-electron chi connectivity index (χ1n) is 11.4. The third-order valence-electron chi connectivity index (χ3n) is 7.68. The van der Waals surface area contributed by atoms with E-state index in [1.807, 2.05) is 20.8 Å². The van der Waals surface area contributed by atoms with Crippen LogP contribution < -0.4 is 5.32 Å². The first-order chi connectivity index (χ1) is 13.9. The molecule has 178 valence electrons. The number of aliphatic carboxylic acids is 1. The number of carbonyl (C=O) groups is 3. The van der Waals surface area contributed by atoms with Gasteiger partial charge in [-0.25, -0.2) is 9.59 Å². The van der Waals surface area contributed by atoms with Crippen LogP contribution in [0.2, 0.25) is 0 Å². The molecule has 2 fully saturated rings. The molecule has 31 heavy (non-hydrogen) atoms. The van der Waals surface area contributed by atoms with E-state index in [1.54, 1.807) is 20.8 Å². The van der Waals surface area contributed by atoms with Crippen LogP contribution in [0.1, 0.15) is 88.0 Å². The Morgan fingerprint density at radius 1 is 1.06 bits per heavy atom. The molecule has 3 atom stereocenters. The van der Waals surface area contributed by atoms with E-state index < -0.39 is 35.2 Å². The number of alkyl carbamates (subject to hydrolysis) is 1. The fraction of sp³-hybridized carbons (Fsp3) is 0.875. The highest BCUT2D eigenvalue weighted by atomic mass is 16.6. The Hall–Kier alpha value is -1.79. The van der Waals surface area contributed by atoms with Gasteiger partial charge in [-0.1, -0.05) is 48.0 Å². The number of hydrogen-bond acceptors (Lipinski definition) is 4. The zero-order chi connectivity index (χ0) is 24.0. The molecule has 0 aromatic heterocycles. The summed E-state index contributed by atoms with van der Waals surface area (Å²) in [4.78, 5) is 39.6. The van der Waals surface area contributed by atoms with Crippen molar-refractivity contribution in [3.05, 3.63) is 0 Å². The standard InChI is InChI=1S/C24H42N2O5/c1-21(2,3)17(25-20(30)31-22(4,5)6)18(27)26-14-15(13-16(26)19(28)29)23(7,8)24(9)11-10-12-24/h15-17H,10-14H2,1-9H3,(H,25,30)(H,28,29)/t15?,16-,17+/m0/s1. The van der Waals surface area contributed by atoms with Crippen molar-refractivity contribution in [1.29, 1.82) is 0 Å². The summed E-state index contributed by atoms with van der Waals surface area (Å²) < 4.78 is 5.36. The van der Waals surface area contributed by atoms with Gasteiger partial charge in [0.2, 0.25) is 5.91 Å². The Kier molecular flexibility index (Phi) is 6.81. The number of likely N-dealkylation sites (tertiary alicyclic amines) is 1. The van der Waals surface area contributed by atoms with E-state index in [4.69, 9.17) is 4.74 Å². The quantitative estimate of drug-likeness (QED) is 0.661. The predicted octanol–water partition coefficient (Wildman–Crippen LogP) is 4.44. The van der Waals surface area contributed by atoms with Gasteiger partial charge in [0.05, 0.1) is 0 Å². The highest BCUT2D eigenvalue weighted by Gasteiger charge is 2.55. The van der Waals surface area contributed by atoms with Crippen molar-refractivity contribution in [2.24, 2.45) is 22.2 Å². The SMILES string of the molecule is CC(C)(C)OC(=O)N[C@H](C(=O)N1CC(C(C)(C)C2(C)CCC2)C[C@H]1C(=O)O)C(C)(C)C. The second-order valence-electron chi connectivity index (χ2n) is 12.4. The fourth-order valence-corrected chi connectivity index (χ4v) is 4.92. The van der Waals surface area contributed by atoms with Gasteiger partial charge in [-0.2, -0.15) is 0 Å². The Labute approximate surface area is 187 Å². The minimum Gasteiger partial charge on any atom is -0.480 e. The molecule has 2 N–H and O–H groups in total. The summed E-state index contributed by atoms with van der Waals surface area (Å²) in [5.74, 6) is -1.26. The molecule has 1 aliphatic heterocycles. The molecule has 0 radical (unpaired) electrons. The van der Waals surface area contributed by atoms with Crippen LogP contribution in [0.3, 0.4) is 0 Å². The lowest BCUT2D eigenvalue weighted by Gasteiger charge is -2.54. The Morgan fingerprint density at radius 3 is 2.00 bits per heavy atom. The lowest BCUT2D eigenvalue weighted by Crippen LogP contribution is -2.57. The van der Waals surface area contributed by atoms with Crippen LogP contribution in [0.15, 0.2) is 0 Å². The molecule has 2 rings (SSSR count). The van der Waals surface area contributed by atoms with Crippen LogP contribution in [0.25, 0.3) is 0 Å². The van der Waals surface area contributed by atoms with Gasteiger partial charge in [-0.15, -0.1) is 0 Å². The summed E-state index contributed by atoms with van der Waals surface area (Å²) in [6, 6.07) is -1.77. The average molecular weight is 439 g/mol. The molecule has 1 unspecified atom stereocenters. The molecule has 2 amide bonds. The second-order valence-corrected chi connectivity index (χ2v) is 12.4. The number of rotatable bonds is 5. The molecule has 1 saturated carbocycles. The van der Waals surface area contributed by atoms with Crippen LogP contribution in [0.4, 0.5) is 4.79 Å². The van der Waals surface area contributed by atoms with Gasteiger partial charge >= 0.3 is 12.1 Å². The number of carboxylic acids is 1. The van der Waals surface area contributed by atoms with E-state index in [0.29, 0.717) is 13.0 Å². The van der Waals surface area contributed by atoms with Crippen LogP contribution in [-0.4, -0.2) is 52.2 Å². The van der Waals surface area contributed by atoms with Crippen LogP contribution in [0.5, 0.6) is 0 Å². The van der Waals surface area contributed by atoms with Gasteiger partial charge in [0, 0.05) is 6.54 Å². The zero-order valence-electron chi connectivity index (χ0n) is 20.8. The maximum atomic E-state index is 13.6. The zero-order valence-corrected chi connectivity index (χ0v) is 20.8. The summed E-state index contributed by atoms with van der Waals surface area (Å²) in [5.41, 5.74) is -1.22. The molecule has 1 saturated heterocycles. The van der Waals surface area contributed by atoms with Crippen molar-refractivity contribution in [2.45, 2.75) is 106 Å². The van der Waals surface area contributed by atoms with Gasteiger partial charge in [0.25, 0.3) is 0 Å². The summed E-state index contributed by atoms with van der Waals surface area (Å²) >= 11 is 0. The van der Waals surface area contributed by atoms with Gasteiger partial charge < -0.3 is 20.1 Å². The smallest absolute Gasteiger partial charge is 0.408 e. The first kappa shape index (κ1) is 25.5. The number of hydrogen-bond donors (Lipinski definition) is 2. The van der Waals surface area contributed by atoms with E-state index in [9.17, 15) is 19.5 Å². The molecule has 7 nitrogen and oxygen atoms in total. The van der Waals surface area contributed by atoms with Gasteiger partial charge in [-0.3, -0.25) is 4.79 Å². The minimum absolute atomic E-state index is 0.0796. The largest absolute Gasteiger partial charge is 0.480 e. The van der Waals surface area contributed by atoms with Gasteiger partial charge in [0.15, 0.2) is 0 Å². The molecule has 1 aliphatic carbocycles. The predicted molar refractivity (Wildman–Crippen MR) is 120 cm³/mol. The second kappa shape index (κ2) is 8.28. The molecule has 0 spiro atoms. The average Bonchev–Trinajstić information content (AvgIpc) is 3.00. The van der Waals surface area contributed by atoms with Crippen molar-refractivity contribution in [3.8, 4) is 0 Å². The van der Waals surface area contributed by atoms with E-state index in [0.717, 1.165) is 12.8 Å². The van der Waals surface area contributed by atoms with Crippen molar-refractivity contribution in [1.82, 2.24) is 10.2 Å². The van der Waals surface area contributed by atoms with Crippen molar-refractivity contribution in [2.75, 3.05) is 6.54 Å². The van der Waals surface area contributed by atoms with E-state index in [-0.39, 0.29) is 22.7 Å². The van der Waals surface area contributed by atoms with Crippen LogP contribution in [0, 0.1) is 22.2 Å². The maximum Gasteiger partial charge on any atom is 0.408 e. The van der Waals surface area contributed by atoms with Gasteiger partial charge in [0.1, 0.15) is 17.7 Å². The van der Waals surface area contributed by atoms with E-state index in [2.05, 4.69) is 26.1 Å². The Balaban J connectivity index is 2.27. The molecule has 2 aliphatic rings. The lowest BCUT2D eigenvalue weighted by molar-refractivity contribution is -0.150. The number of ether oxygens (including phenoxy) is 1. The maximum absolute atomic E-state index is 13.6. The third-order valence-corrected chi connectivity index (χ3v) is 7.68. The topological polar surface area (TPSA) is 95.9 Å². The summed E-state index contributed by atoms with van der Waals surface area (Å²) in [5, 5.41) is 12.6. The highest BCUT2D eigenvalue weighted by Crippen LogP contribution is 2.58. The molecule has 0 bridgehead atoms. The summed E-state index contributed by atoms with van der Waals surface area (Å²) in [6.45, 7) is 17.9. The number of nitrogens with zero attached hydrogens (tertiary/aromatic N) is 1. The number of carboxylic acid groups (broad SMARTS) is 1. The Morgan fingerprint density at radius 2 is 1.61 bits per heavy atom. The first-order valence-corrected chi connectivity index (χ1v) is 11.4. The number of nitrogens with one attached hydrogen (secondary N) is 1. The fourth-order valence-electron chi connectivity index (χ4n) is 4.92. The van der Waals surface area contributed by atoms with Gasteiger partial charge in [-0.05, 0) is 62.2 Å². The van der Waals surface area contributed by atoms with Crippen molar-refractivity contribution < 1.29 is 24.2 Å². The lowest BCUT2D eigenvalue weighted by atomic mass is 9.51. The van der Waals surface area contributed by atoms with E-state index in [1.165, 1.54) is 11.3 Å². The molecular formula is C24H42N2O5. The summed E-state index contributed by atoms with van der Waals surface area (Å²) in [6.07, 6.45) is 3.22. The van der Waals surface area contributed by atoms with E-state index >= 15 is 0 Å². The van der Waals surface area contributed by atoms with Crippen LogP contribution in [-0.2, 0) is 14.3 Å². The summed E-state index contributed by atoms with van der Waals surface area (Å²) in [7, 11) is 0. The monoisotopic (exact) mass is 438 g/mol. The molecule has 0 aromatic carbocycles. The molecular weight excluding hydrogens is 396 g/mol. The van der Waals surface area contributed by atoms with Crippen molar-refractivity contribution >= 4 is 18.0 Å². The Bertz CT molecular complexity index is 712. The molecule has 0 aromatic rings. The molecule has 7 heteroatoms. The third kappa shape index (κ3) is 5.35. The number of amides is 2. The van der Waals surface area contributed by atoms with Crippen LogP contribution >= 0.6 is 0 Å². The normalized spacial score (nSPS) is 24.9.